The van der Waals surface area contributed by atoms with Gasteiger partial charge >= 0.3 is 5.97 Å². The van der Waals surface area contributed by atoms with Crippen LogP contribution in [0.15, 0.2) is 0 Å². The van der Waals surface area contributed by atoms with Gasteiger partial charge in [-0.05, 0) is 6.42 Å². The predicted molar refractivity (Wildman–Crippen MR) is 61.7 cm³/mol. The van der Waals surface area contributed by atoms with Crippen LogP contribution < -0.4 is 0 Å². The Hall–Kier alpha value is -1.24. The lowest BCUT2D eigenvalue weighted by Gasteiger charge is -2.20. The van der Waals surface area contributed by atoms with Gasteiger partial charge in [0.2, 0.25) is 5.91 Å². The average Bonchev–Trinajstić information content (AvgIpc) is 2.88. The third-order valence-electron chi connectivity index (χ3n) is 3.06. The molecule has 2 rings (SSSR count). The van der Waals surface area contributed by atoms with Gasteiger partial charge in [0.05, 0.1) is 5.92 Å². The maximum Gasteiger partial charge on any atom is 0.308 e. The largest absolute Gasteiger partial charge is 0.481 e. The Labute approximate surface area is 103 Å². The quantitative estimate of drug-likeness (QED) is 0.776. The summed E-state index contributed by atoms with van der Waals surface area (Å²) in [5.74, 6) is -0.732. The number of carboxylic acids is 1. The van der Waals surface area contributed by atoms with Crippen molar-refractivity contribution >= 4 is 28.9 Å². The number of aliphatic carboxylic acids is 1. The van der Waals surface area contributed by atoms with E-state index in [1.165, 1.54) is 21.6 Å². The SMILES string of the molecule is O=C(O)C1CCN(C(=O)CN2CCSC2=O)C1. The van der Waals surface area contributed by atoms with Gasteiger partial charge in [0.1, 0.15) is 6.54 Å². The first-order valence-electron chi connectivity index (χ1n) is 5.50. The number of amides is 2. The van der Waals surface area contributed by atoms with Gasteiger partial charge in [-0.1, -0.05) is 11.8 Å². The number of likely N-dealkylation sites (tertiary alicyclic amines) is 1. The highest BCUT2D eigenvalue weighted by atomic mass is 32.2. The topological polar surface area (TPSA) is 77.9 Å². The number of rotatable bonds is 3. The molecule has 1 N–H and O–H groups in total. The Morgan fingerprint density at radius 2 is 2.18 bits per heavy atom. The Morgan fingerprint density at radius 1 is 1.41 bits per heavy atom. The molecule has 1 atom stereocenters. The molecule has 2 aliphatic heterocycles. The molecular weight excluding hydrogens is 244 g/mol. The number of carbonyl (C=O) groups is 3. The first kappa shape index (κ1) is 12.2. The zero-order valence-corrected chi connectivity index (χ0v) is 10.1. The molecule has 17 heavy (non-hydrogen) atoms. The van der Waals surface area contributed by atoms with Crippen LogP contribution in [0.25, 0.3) is 0 Å². The summed E-state index contributed by atoms with van der Waals surface area (Å²) in [6.07, 6.45) is 0.504. The molecule has 6 nitrogen and oxygen atoms in total. The van der Waals surface area contributed by atoms with Gasteiger partial charge in [-0.25, -0.2) is 0 Å². The van der Waals surface area contributed by atoms with Crippen LogP contribution in [0.2, 0.25) is 0 Å². The zero-order chi connectivity index (χ0) is 12.4. The highest BCUT2D eigenvalue weighted by molar-refractivity contribution is 8.13. The normalized spacial score (nSPS) is 24.5. The van der Waals surface area contributed by atoms with Gasteiger partial charge in [-0.2, -0.15) is 0 Å². The van der Waals surface area contributed by atoms with Gasteiger partial charge in [-0.3, -0.25) is 14.4 Å². The van der Waals surface area contributed by atoms with Crippen molar-refractivity contribution in [1.82, 2.24) is 9.80 Å². The van der Waals surface area contributed by atoms with Crippen LogP contribution in [0.1, 0.15) is 6.42 Å². The second kappa shape index (κ2) is 4.95. The van der Waals surface area contributed by atoms with Gasteiger partial charge in [0.25, 0.3) is 5.24 Å². The minimum atomic E-state index is -0.854. The summed E-state index contributed by atoms with van der Waals surface area (Å²) >= 11 is 1.22. The molecule has 2 saturated heterocycles. The molecule has 2 fully saturated rings. The van der Waals surface area contributed by atoms with Gasteiger partial charge < -0.3 is 14.9 Å². The summed E-state index contributed by atoms with van der Waals surface area (Å²) in [4.78, 5) is 37.0. The van der Waals surface area contributed by atoms with Crippen LogP contribution >= 0.6 is 11.8 Å². The molecule has 2 aliphatic rings. The number of carboxylic acid groups (broad SMARTS) is 1. The third kappa shape index (κ3) is 2.71. The van der Waals surface area contributed by atoms with E-state index < -0.39 is 11.9 Å². The molecule has 0 radical (unpaired) electrons. The first-order chi connectivity index (χ1) is 8.08. The molecule has 7 heteroatoms. The lowest BCUT2D eigenvalue weighted by molar-refractivity contribution is -0.141. The summed E-state index contributed by atoms with van der Waals surface area (Å²) in [6, 6.07) is 0. The number of carbonyl (C=O) groups excluding carboxylic acids is 2. The number of nitrogens with zero attached hydrogens (tertiary/aromatic N) is 2. The summed E-state index contributed by atoms with van der Waals surface area (Å²) in [5.41, 5.74) is 0. The van der Waals surface area contributed by atoms with Crippen LogP contribution in [0.5, 0.6) is 0 Å². The molecule has 0 aromatic carbocycles. The average molecular weight is 258 g/mol. The van der Waals surface area contributed by atoms with E-state index in [9.17, 15) is 14.4 Å². The van der Waals surface area contributed by atoms with E-state index in [0.29, 0.717) is 19.5 Å². The molecule has 0 spiro atoms. The molecule has 94 valence electrons. The molecule has 0 aromatic rings. The van der Waals surface area contributed by atoms with Crippen molar-refractivity contribution in [3.63, 3.8) is 0 Å². The fourth-order valence-corrected chi connectivity index (χ4v) is 2.85. The van der Waals surface area contributed by atoms with Gasteiger partial charge in [-0.15, -0.1) is 0 Å². The minimum Gasteiger partial charge on any atom is -0.481 e. The molecule has 2 amide bonds. The Morgan fingerprint density at radius 3 is 2.71 bits per heavy atom. The maximum absolute atomic E-state index is 11.8. The van der Waals surface area contributed by atoms with Crippen LogP contribution in [-0.2, 0) is 9.59 Å². The Bertz CT molecular complexity index is 360. The van der Waals surface area contributed by atoms with E-state index in [4.69, 9.17) is 5.11 Å². The lowest BCUT2D eigenvalue weighted by Crippen LogP contribution is -2.39. The Kier molecular flexibility index (Phi) is 3.56. The van der Waals surface area contributed by atoms with Crippen molar-refractivity contribution in [2.24, 2.45) is 5.92 Å². The summed E-state index contributed by atoms with van der Waals surface area (Å²) in [7, 11) is 0. The van der Waals surface area contributed by atoms with E-state index in [-0.39, 0.29) is 24.2 Å². The summed E-state index contributed by atoms with van der Waals surface area (Å²) in [5, 5.41) is 8.77. The van der Waals surface area contributed by atoms with E-state index in [1.54, 1.807) is 0 Å². The number of hydrogen-bond donors (Lipinski definition) is 1. The van der Waals surface area contributed by atoms with Crippen LogP contribution in [0.4, 0.5) is 4.79 Å². The second-order valence-corrected chi connectivity index (χ2v) is 5.25. The van der Waals surface area contributed by atoms with Crippen LogP contribution in [-0.4, -0.2) is 64.0 Å². The monoisotopic (exact) mass is 258 g/mol. The van der Waals surface area contributed by atoms with E-state index >= 15 is 0 Å². The third-order valence-corrected chi connectivity index (χ3v) is 3.95. The van der Waals surface area contributed by atoms with Crippen molar-refractivity contribution in [1.29, 1.82) is 0 Å². The van der Waals surface area contributed by atoms with Crippen molar-refractivity contribution in [2.45, 2.75) is 6.42 Å². The molecule has 2 heterocycles. The molecule has 0 saturated carbocycles. The second-order valence-electron chi connectivity index (χ2n) is 4.20. The zero-order valence-electron chi connectivity index (χ0n) is 9.29. The Balaban J connectivity index is 1.85. The molecule has 0 bridgehead atoms. The lowest BCUT2D eigenvalue weighted by atomic mass is 10.1. The maximum atomic E-state index is 11.8. The highest BCUT2D eigenvalue weighted by Gasteiger charge is 2.32. The molecular formula is C10H14N2O4S. The van der Waals surface area contributed by atoms with E-state index in [2.05, 4.69) is 0 Å². The van der Waals surface area contributed by atoms with Crippen LogP contribution in [0.3, 0.4) is 0 Å². The number of hydrogen-bond acceptors (Lipinski definition) is 4. The fourth-order valence-electron chi connectivity index (χ4n) is 2.02. The van der Waals surface area contributed by atoms with E-state index in [0.717, 1.165) is 5.75 Å². The van der Waals surface area contributed by atoms with Crippen LogP contribution in [0, 0.1) is 5.92 Å². The highest BCUT2D eigenvalue weighted by Crippen LogP contribution is 2.19. The molecule has 0 aromatic heterocycles. The summed E-state index contributed by atoms with van der Waals surface area (Å²) in [6.45, 7) is 1.43. The van der Waals surface area contributed by atoms with Crippen molar-refractivity contribution in [2.75, 3.05) is 31.9 Å². The minimum absolute atomic E-state index is 0.0627. The van der Waals surface area contributed by atoms with Crippen molar-refractivity contribution in [3.8, 4) is 0 Å². The van der Waals surface area contributed by atoms with E-state index in [1.807, 2.05) is 0 Å². The van der Waals surface area contributed by atoms with Gasteiger partial charge in [0.15, 0.2) is 0 Å². The molecule has 0 aliphatic carbocycles. The first-order valence-corrected chi connectivity index (χ1v) is 6.49. The molecule has 1 unspecified atom stereocenters. The van der Waals surface area contributed by atoms with Gasteiger partial charge in [0, 0.05) is 25.4 Å². The predicted octanol–water partition coefficient (Wildman–Crippen LogP) is 0.0883. The number of thioether (sulfide) groups is 1. The standard InChI is InChI=1S/C10H14N2O4S/c13-8(6-12-3-4-17-10(12)16)11-2-1-7(5-11)9(14)15/h7H,1-6H2,(H,14,15). The van der Waals surface area contributed by atoms with Crippen molar-refractivity contribution < 1.29 is 19.5 Å². The van der Waals surface area contributed by atoms with Crippen molar-refractivity contribution in [3.05, 3.63) is 0 Å². The smallest absolute Gasteiger partial charge is 0.308 e. The fraction of sp³-hybridized carbons (Fsp3) is 0.700. The summed E-state index contributed by atoms with van der Waals surface area (Å²) < 4.78 is 0.